The summed E-state index contributed by atoms with van der Waals surface area (Å²) in [5, 5.41) is 3.62. The van der Waals surface area contributed by atoms with Gasteiger partial charge in [0.2, 0.25) is 0 Å². The van der Waals surface area contributed by atoms with E-state index in [-0.39, 0.29) is 5.91 Å². The number of nitrogens with one attached hydrogen (secondary N) is 1. The van der Waals surface area contributed by atoms with Gasteiger partial charge in [-0.1, -0.05) is 23.2 Å². The van der Waals surface area contributed by atoms with Crippen LogP contribution in [0, 0.1) is 11.3 Å². The normalized spacial score (nSPS) is 20.1. The molecule has 1 aromatic carbocycles. The highest BCUT2D eigenvalue weighted by Gasteiger charge is 2.53. The van der Waals surface area contributed by atoms with E-state index < -0.39 is 0 Å². The van der Waals surface area contributed by atoms with Crippen molar-refractivity contribution >= 4 is 34.8 Å². The Morgan fingerprint density at radius 3 is 2.58 bits per heavy atom. The van der Waals surface area contributed by atoms with Crippen LogP contribution in [0.1, 0.15) is 36.0 Å². The standard InChI is InChI=1S/C14H16Cl2N2O/c15-10-5-8(6-11(17)12(10)16)13(19)18-7-14(3-4-14)9-1-2-9/h5-6,9H,1-4,7,17H2,(H,18,19). The number of nitrogen functional groups attached to an aromatic ring is 1. The lowest BCUT2D eigenvalue weighted by molar-refractivity contribution is 0.0942. The third-order valence-corrected chi connectivity index (χ3v) is 5.07. The van der Waals surface area contributed by atoms with Crippen molar-refractivity contribution in [3.05, 3.63) is 27.7 Å². The molecule has 3 N–H and O–H groups in total. The Hall–Kier alpha value is -0.930. The highest BCUT2D eigenvalue weighted by Crippen LogP contribution is 2.60. The average molecular weight is 299 g/mol. The Balaban J connectivity index is 1.67. The third-order valence-electron chi connectivity index (χ3n) is 4.26. The molecule has 2 aliphatic carbocycles. The molecule has 0 spiro atoms. The fourth-order valence-electron chi connectivity index (χ4n) is 2.69. The van der Waals surface area contributed by atoms with Gasteiger partial charge in [0, 0.05) is 12.1 Å². The van der Waals surface area contributed by atoms with Gasteiger partial charge < -0.3 is 11.1 Å². The molecule has 0 unspecified atom stereocenters. The predicted molar refractivity (Wildman–Crippen MR) is 77.6 cm³/mol. The molecular weight excluding hydrogens is 283 g/mol. The Morgan fingerprint density at radius 1 is 1.37 bits per heavy atom. The second-order valence-electron chi connectivity index (χ2n) is 5.68. The van der Waals surface area contributed by atoms with E-state index in [0.29, 0.717) is 26.7 Å². The minimum absolute atomic E-state index is 0.128. The number of amides is 1. The Labute approximate surface area is 122 Å². The van der Waals surface area contributed by atoms with Gasteiger partial charge in [0.15, 0.2) is 0 Å². The molecule has 1 amide bonds. The van der Waals surface area contributed by atoms with Gasteiger partial charge in [0.05, 0.1) is 15.7 Å². The molecule has 2 fully saturated rings. The van der Waals surface area contributed by atoms with Crippen molar-refractivity contribution in [3.63, 3.8) is 0 Å². The first-order valence-corrected chi connectivity index (χ1v) is 7.30. The van der Waals surface area contributed by atoms with Crippen LogP contribution < -0.4 is 11.1 Å². The van der Waals surface area contributed by atoms with Gasteiger partial charge in [-0.15, -0.1) is 0 Å². The van der Waals surface area contributed by atoms with E-state index in [1.54, 1.807) is 12.1 Å². The summed E-state index contributed by atoms with van der Waals surface area (Å²) >= 11 is 11.8. The lowest BCUT2D eigenvalue weighted by Gasteiger charge is -2.15. The lowest BCUT2D eigenvalue weighted by Crippen LogP contribution is -2.31. The lowest BCUT2D eigenvalue weighted by atomic mass is 10.0. The number of nitrogens with two attached hydrogens (primary N) is 1. The molecule has 0 atom stereocenters. The molecule has 0 aliphatic heterocycles. The van der Waals surface area contributed by atoms with E-state index in [4.69, 9.17) is 28.9 Å². The third kappa shape index (κ3) is 2.54. The molecule has 5 heteroatoms. The number of benzene rings is 1. The molecule has 3 rings (SSSR count). The summed E-state index contributed by atoms with van der Waals surface area (Å²) in [5.41, 5.74) is 6.91. The zero-order valence-corrected chi connectivity index (χ0v) is 12.0. The molecule has 3 nitrogen and oxygen atoms in total. The van der Waals surface area contributed by atoms with Crippen molar-refractivity contribution < 1.29 is 4.79 Å². The van der Waals surface area contributed by atoms with Crippen LogP contribution in [0.15, 0.2) is 12.1 Å². The van der Waals surface area contributed by atoms with Crippen LogP contribution in [0.4, 0.5) is 5.69 Å². The van der Waals surface area contributed by atoms with Gasteiger partial charge in [0.25, 0.3) is 5.91 Å². The molecule has 1 aromatic rings. The topological polar surface area (TPSA) is 55.1 Å². The summed E-state index contributed by atoms with van der Waals surface area (Å²) < 4.78 is 0. The first-order chi connectivity index (χ1) is 9.02. The molecule has 102 valence electrons. The van der Waals surface area contributed by atoms with E-state index in [1.807, 2.05) is 0 Å². The van der Waals surface area contributed by atoms with E-state index in [9.17, 15) is 4.79 Å². The van der Waals surface area contributed by atoms with E-state index >= 15 is 0 Å². The average Bonchev–Trinajstić information content (AvgIpc) is 3.25. The number of hydrogen-bond donors (Lipinski definition) is 2. The molecule has 0 heterocycles. The number of carbonyl (C=O) groups excluding carboxylic acids is 1. The Bertz CT molecular complexity index is 513. The van der Waals surface area contributed by atoms with Crippen molar-refractivity contribution in [1.29, 1.82) is 0 Å². The van der Waals surface area contributed by atoms with Gasteiger partial charge in [-0.05, 0) is 49.1 Å². The quantitative estimate of drug-likeness (QED) is 0.836. The Kier molecular flexibility index (Phi) is 3.14. The number of hydrogen-bond acceptors (Lipinski definition) is 2. The highest BCUT2D eigenvalue weighted by atomic mass is 35.5. The molecule has 19 heavy (non-hydrogen) atoms. The molecule has 0 aromatic heterocycles. The molecule has 0 saturated heterocycles. The minimum Gasteiger partial charge on any atom is -0.397 e. The second-order valence-corrected chi connectivity index (χ2v) is 6.47. The molecule has 0 radical (unpaired) electrons. The predicted octanol–water partition coefficient (Wildman–Crippen LogP) is 3.50. The van der Waals surface area contributed by atoms with Crippen LogP contribution in [-0.4, -0.2) is 12.5 Å². The van der Waals surface area contributed by atoms with Crippen LogP contribution in [0.3, 0.4) is 0 Å². The van der Waals surface area contributed by atoms with Crippen molar-refractivity contribution in [2.45, 2.75) is 25.7 Å². The van der Waals surface area contributed by atoms with E-state index in [2.05, 4.69) is 5.32 Å². The van der Waals surface area contributed by atoms with Crippen molar-refractivity contribution in [1.82, 2.24) is 5.32 Å². The zero-order valence-electron chi connectivity index (χ0n) is 10.5. The van der Waals surface area contributed by atoms with Crippen molar-refractivity contribution in [2.24, 2.45) is 11.3 Å². The fraction of sp³-hybridized carbons (Fsp3) is 0.500. The van der Waals surface area contributed by atoms with Gasteiger partial charge in [-0.2, -0.15) is 0 Å². The van der Waals surface area contributed by atoms with Gasteiger partial charge >= 0.3 is 0 Å². The Morgan fingerprint density at radius 2 is 2.05 bits per heavy atom. The summed E-state index contributed by atoms with van der Waals surface area (Å²) in [5.74, 6) is 0.698. The van der Waals surface area contributed by atoms with Crippen molar-refractivity contribution in [2.75, 3.05) is 12.3 Å². The largest absolute Gasteiger partial charge is 0.397 e. The van der Waals surface area contributed by atoms with Crippen LogP contribution in [-0.2, 0) is 0 Å². The monoisotopic (exact) mass is 298 g/mol. The van der Waals surface area contributed by atoms with Crippen LogP contribution in [0.2, 0.25) is 10.0 Å². The SMILES string of the molecule is Nc1cc(C(=O)NCC2(C3CC3)CC2)cc(Cl)c1Cl. The molecule has 0 bridgehead atoms. The van der Waals surface area contributed by atoms with Gasteiger partial charge in [0.1, 0.15) is 0 Å². The number of halogens is 2. The number of anilines is 1. The first-order valence-electron chi connectivity index (χ1n) is 6.54. The maximum Gasteiger partial charge on any atom is 0.251 e. The molecule has 2 saturated carbocycles. The summed E-state index contributed by atoms with van der Waals surface area (Å²) in [4.78, 5) is 12.1. The summed E-state index contributed by atoms with van der Waals surface area (Å²) in [7, 11) is 0. The first kappa shape index (κ1) is 13.1. The smallest absolute Gasteiger partial charge is 0.251 e. The van der Waals surface area contributed by atoms with E-state index in [0.717, 1.165) is 12.5 Å². The maximum absolute atomic E-state index is 12.1. The summed E-state index contributed by atoms with van der Waals surface area (Å²) in [6.45, 7) is 0.761. The maximum atomic E-state index is 12.1. The highest BCUT2D eigenvalue weighted by molar-refractivity contribution is 6.43. The summed E-state index contributed by atoms with van der Waals surface area (Å²) in [6.07, 6.45) is 5.11. The van der Waals surface area contributed by atoms with Gasteiger partial charge in [-0.3, -0.25) is 4.79 Å². The van der Waals surface area contributed by atoms with Crippen molar-refractivity contribution in [3.8, 4) is 0 Å². The molecule has 2 aliphatic rings. The summed E-state index contributed by atoms with van der Waals surface area (Å²) in [6, 6.07) is 3.13. The zero-order chi connectivity index (χ0) is 13.6. The number of carbonyl (C=O) groups is 1. The fourth-order valence-corrected chi connectivity index (χ4v) is 3.02. The molecular formula is C14H16Cl2N2O. The van der Waals surface area contributed by atoms with Gasteiger partial charge in [-0.25, -0.2) is 0 Å². The van der Waals surface area contributed by atoms with Crippen LogP contribution >= 0.6 is 23.2 Å². The van der Waals surface area contributed by atoms with E-state index in [1.165, 1.54) is 25.7 Å². The minimum atomic E-state index is -0.128. The number of rotatable bonds is 4. The second kappa shape index (κ2) is 4.57. The van der Waals surface area contributed by atoms with Crippen LogP contribution in [0.25, 0.3) is 0 Å². The van der Waals surface area contributed by atoms with Crippen LogP contribution in [0.5, 0.6) is 0 Å².